The highest BCUT2D eigenvalue weighted by molar-refractivity contribution is 7.89. The minimum Gasteiger partial charge on any atom is -0.496 e. The molecule has 0 saturated carbocycles. The highest BCUT2D eigenvalue weighted by Gasteiger charge is 2.22. The van der Waals surface area contributed by atoms with E-state index in [2.05, 4.69) is 5.32 Å². The van der Waals surface area contributed by atoms with E-state index in [0.29, 0.717) is 0 Å². The van der Waals surface area contributed by atoms with Crippen molar-refractivity contribution in [2.75, 3.05) is 14.2 Å². The average molecular weight is 302 g/mol. The molecule has 0 fully saturated rings. The monoisotopic (exact) mass is 302 g/mol. The van der Waals surface area contributed by atoms with Crippen molar-refractivity contribution >= 4 is 15.9 Å². The quantitative estimate of drug-likeness (QED) is 0.823. The van der Waals surface area contributed by atoms with Gasteiger partial charge in [-0.2, -0.15) is 0 Å². The van der Waals surface area contributed by atoms with Gasteiger partial charge in [0.2, 0.25) is 10.0 Å². The van der Waals surface area contributed by atoms with Crippen LogP contribution in [0.3, 0.4) is 0 Å². The Kier molecular flexibility index (Phi) is 4.96. The van der Waals surface area contributed by atoms with Crippen molar-refractivity contribution in [2.45, 2.75) is 24.8 Å². The summed E-state index contributed by atoms with van der Waals surface area (Å²) >= 11 is 0. The molecule has 1 aromatic rings. The van der Waals surface area contributed by atoms with E-state index in [1.54, 1.807) is 13.8 Å². The fraction of sp³-hybridized carbons (Fsp3) is 0.417. The minimum absolute atomic E-state index is 0.0189. The van der Waals surface area contributed by atoms with Crippen LogP contribution >= 0.6 is 0 Å². The van der Waals surface area contributed by atoms with Crippen molar-refractivity contribution < 1.29 is 22.7 Å². The summed E-state index contributed by atoms with van der Waals surface area (Å²) in [5, 5.41) is 7.77. The standard InChI is InChI=1S/C12H18N2O5S/c1-7(2)14-12(15)8-5-11(20(13,16)17)10(19-4)6-9(8)18-3/h5-7H,1-4H3,(H,14,15)(H2,13,16,17). The van der Waals surface area contributed by atoms with E-state index in [1.807, 2.05) is 0 Å². The van der Waals surface area contributed by atoms with Gasteiger partial charge in [0.25, 0.3) is 5.91 Å². The molecular weight excluding hydrogens is 284 g/mol. The van der Waals surface area contributed by atoms with Crippen molar-refractivity contribution in [1.82, 2.24) is 5.32 Å². The number of sulfonamides is 1. The van der Waals surface area contributed by atoms with E-state index in [4.69, 9.17) is 14.6 Å². The molecule has 0 atom stereocenters. The van der Waals surface area contributed by atoms with Gasteiger partial charge in [-0.3, -0.25) is 4.79 Å². The van der Waals surface area contributed by atoms with Gasteiger partial charge in [0, 0.05) is 12.1 Å². The Balaban J connectivity index is 3.47. The van der Waals surface area contributed by atoms with Crippen molar-refractivity contribution in [1.29, 1.82) is 0 Å². The summed E-state index contributed by atoms with van der Waals surface area (Å²) in [7, 11) is -1.34. The molecular formula is C12H18N2O5S. The Hall–Kier alpha value is -1.80. The molecule has 0 aliphatic carbocycles. The lowest BCUT2D eigenvalue weighted by atomic mass is 10.1. The van der Waals surface area contributed by atoms with Gasteiger partial charge in [0.15, 0.2) is 0 Å². The molecule has 8 heteroatoms. The molecule has 0 spiro atoms. The van der Waals surface area contributed by atoms with E-state index in [1.165, 1.54) is 20.3 Å². The molecule has 0 saturated heterocycles. The zero-order chi connectivity index (χ0) is 15.5. The zero-order valence-electron chi connectivity index (χ0n) is 11.8. The van der Waals surface area contributed by atoms with Gasteiger partial charge < -0.3 is 14.8 Å². The molecule has 0 unspecified atom stereocenters. The van der Waals surface area contributed by atoms with E-state index < -0.39 is 15.9 Å². The molecule has 0 aliphatic heterocycles. The molecule has 1 amide bonds. The lowest BCUT2D eigenvalue weighted by Crippen LogP contribution is -2.30. The van der Waals surface area contributed by atoms with E-state index >= 15 is 0 Å². The number of amides is 1. The van der Waals surface area contributed by atoms with Gasteiger partial charge in [0.05, 0.1) is 19.8 Å². The smallest absolute Gasteiger partial charge is 0.255 e. The highest BCUT2D eigenvalue weighted by atomic mass is 32.2. The lowest BCUT2D eigenvalue weighted by Gasteiger charge is -2.15. The number of methoxy groups -OCH3 is 2. The maximum absolute atomic E-state index is 12.0. The van der Waals surface area contributed by atoms with Gasteiger partial charge >= 0.3 is 0 Å². The predicted molar refractivity (Wildman–Crippen MR) is 73.5 cm³/mol. The summed E-state index contributed by atoms with van der Waals surface area (Å²) in [4.78, 5) is 11.8. The summed E-state index contributed by atoms with van der Waals surface area (Å²) in [6.07, 6.45) is 0. The molecule has 0 aliphatic rings. The lowest BCUT2D eigenvalue weighted by molar-refractivity contribution is 0.0939. The summed E-state index contributed by atoms with van der Waals surface area (Å²) in [6, 6.07) is 2.35. The number of rotatable bonds is 5. The number of hydrogen-bond acceptors (Lipinski definition) is 5. The van der Waals surface area contributed by atoms with Crippen LogP contribution in [0.4, 0.5) is 0 Å². The number of carbonyl (C=O) groups is 1. The average Bonchev–Trinajstić information content (AvgIpc) is 2.34. The van der Waals surface area contributed by atoms with Crippen molar-refractivity contribution in [3.05, 3.63) is 17.7 Å². The minimum atomic E-state index is -4.02. The molecule has 3 N–H and O–H groups in total. The first kappa shape index (κ1) is 16.3. The topological polar surface area (TPSA) is 108 Å². The maximum Gasteiger partial charge on any atom is 0.255 e. The Bertz CT molecular complexity index is 611. The van der Waals surface area contributed by atoms with Crippen LogP contribution in [0.25, 0.3) is 0 Å². The molecule has 20 heavy (non-hydrogen) atoms. The number of primary sulfonamides is 1. The predicted octanol–water partition coefficient (Wildman–Crippen LogP) is 0.489. The largest absolute Gasteiger partial charge is 0.496 e. The molecule has 0 aromatic heterocycles. The second-order valence-electron chi connectivity index (χ2n) is 4.38. The Morgan fingerprint density at radius 3 is 2.15 bits per heavy atom. The Morgan fingerprint density at radius 2 is 1.75 bits per heavy atom. The maximum atomic E-state index is 12.0. The first-order chi connectivity index (χ1) is 9.20. The second-order valence-corrected chi connectivity index (χ2v) is 5.91. The molecule has 112 valence electrons. The number of carbonyl (C=O) groups excluding carboxylic acids is 1. The third-order valence-electron chi connectivity index (χ3n) is 2.46. The van der Waals surface area contributed by atoms with Gasteiger partial charge in [0.1, 0.15) is 16.4 Å². The van der Waals surface area contributed by atoms with E-state index in [-0.39, 0.29) is 28.0 Å². The van der Waals surface area contributed by atoms with E-state index in [9.17, 15) is 13.2 Å². The normalized spacial score (nSPS) is 11.3. The van der Waals surface area contributed by atoms with Gasteiger partial charge in [-0.25, -0.2) is 13.6 Å². The first-order valence-electron chi connectivity index (χ1n) is 5.80. The molecule has 0 heterocycles. The van der Waals surface area contributed by atoms with Crippen LogP contribution in [0.15, 0.2) is 17.0 Å². The first-order valence-corrected chi connectivity index (χ1v) is 7.35. The van der Waals surface area contributed by atoms with Crippen molar-refractivity contribution in [3.63, 3.8) is 0 Å². The number of nitrogens with one attached hydrogen (secondary N) is 1. The zero-order valence-corrected chi connectivity index (χ0v) is 12.6. The van der Waals surface area contributed by atoms with Crippen LogP contribution in [0.1, 0.15) is 24.2 Å². The van der Waals surface area contributed by atoms with Gasteiger partial charge in [-0.15, -0.1) is 0 Å². The van der Waals surface area contributed by atoms with Crippen molar-refractivity contribution in [2.24, 2.45) is 5.14 Å². The van der Waals surface area contributed by atoms with Crippen LogP contribution in [0, 0.1) is 0 Å². The molecule has 0 bridgehead atoms. The van der Waals surface area contributed by atoms with Crippen LogP contribution in [0.2, 0.25) is 0 Å². The van der Waals surface area contributed by atoms with Crippen LogP contribution in [-0.2, 0) is 10.0 Å². The van der Waals surface area contributed by atoms with Gasteiger partial charge in [-0.1, -0.05) is 0 Å². The van der Waals surface area contributed by atoms with Gasteiger partial charge in [-0.05, 0) is 19.9 Å². The summed E-state index contributed by atoms with van der Waals surface area (Å²) in [6.45, 7) is 3.57. The fourth-order valence-corrected chi connectivity index (χ4v) is 2.31. The summed E-state index contributed by atoms with van der Waals surface area (Å²) in [5.41, 5.74) is 0.0750. The van der Waals surface area contributed by atoms with E-state index in [0.717, 1.165) is 6.07 Å². The Labute approximate surface area is 118 Å². The number of ether oxygens (including phenoxy) is 2. The molecule has 1 aromatic carbocycles. The number of hydrogen-bond donors (Lipinski definition) is 2. The second kappa shape index (κ2) is 6.10. The molecule has 1 rings (SSSR count). The third-order valence-corrected chi connectivity index (χ3v) is 3.39. The summed E-state index contributed by atoms with van der Waals surface area (Å²) < 4.78 is 33.1. The van der Waals surface area contributed by atoms with Crippen molar-refractivity contribution in [3.8, 4) is 11.5 Å². The third kappa shape index (κ3) is 3.61. The van der Waals surface area contributed by atoms with Crippen LogP contribution in [0.5, 0.6) is 11.5 Å². The SMILES string of the molecule is COc1cc(OC)c(S(N)(=O)=O)cc1C(=O)NC(C)C. The Morgan fingerprint density at radius 1 is 1.20 bits per heavy atom. The highest BCUT2D eigenvalue weighted by Crippen LogP contribution is 2.31. The number of nitrogens with two attached hydrogens (primary N) is 1. The number of benzene rings is 1. The molecule has 0 radical (unpaired) electrons. The summed E-state index contributed by atoms with van der Waals surface area (Å²) in [5.74, 6) is -0.234. The van der Waals surface area contributed by atoms with Crippen LogP contribution in [-0.4, -0.2) is 34.6 Å². The molecule has 7 nitrogen and oxygen atoms in total. The van der Waals surface area contributed by atoms with Crippen LogP contribution < -0.4 is 19.9 Å². The fourth-order valence-electron chi connectivity index (χ4n) is 1.61.